The Bertz CT molecular complexity index is 1030. The lowest BCUT2D eigenvalue weighted by molar-refractivity contribution is -0.160. The largest absolute Gasteiger partial charge is 0.397 e. The summed E-state index contributed by atoms with van der Waals surface area (Å²) in [5, 5.41) is 10.6. The van der Waals surface area contributed by atoms with Crippen molar-refractivity contribution >= 4 is 40.7 Å². The molecule has 0 saturated carbocycles. The number of nitriles is 1. The van der Waals surface area contributed by atoms with Gasteiger partial charge in [-0.2, -0.15) is 18.4 Å². The monoisotopic (exact) mass is 562 g/mol. The summed E-state index contributed by atoms with van der Waals surface area (Å²) < 4.78 is 36.1. The number of carbonyl (C=O) groups excluding carboxylic acids is 1. The van der Waals surface area contributed by atoms with Gasteiger partial charge >= 0.3 is 6.18 Å². The quantitative estimate of drug-likeness (QED) is 0.373. The van der Waals surface area contributed by atoms with Gasteiger partial charge in [-0.3, -0.25) is 4.79 Å². The number of amides is 1. The number of halogens is 6. The molecular formula is C27H32Cl3F3N2O. The van der Waals surface area contributed by atoms with Crippen molar-refractivity contribution in [3.05, 3.63) is 68.2 Å². The fraction of sp³-hybridized carbons (Fsp3) is 0.481. The van der Waals surface area contributed by atoms with Crippen molar-refractivity contribution in [3.63, 3.8) is 0 Å². The van der Waals surface area contributed by atoms with Crippen molar-refractivity contribution in [2.75, 3.05) is 13.1 Å². The van der Waals surface area contributed by atoms with Gasteiger partial charge in [0.1, 0.15) is 12.5 Å². The zero-order chi connectivity index (χ0) is 27.5. The average Bonchev–Trinajstić information content (AvgIpc) is 3.31. The molecular weight excluding hydrogens is 532 g/mol. The second-order valence-electron chi connectivity index (χ2n) is 8.75. The molecule has 3 nitrogen and oxygen atoms in total. The van der Waals surface area contributed by atoms with Crippen LogP contribution in [-0.2, 0) is 11.2 Å². The minimum absolute atomic E-state index is 0.363. The first kappa shape index (κ1) is 32.1. The number of rotatable bonds is 4. The summed E-state index contributed by atoms with van der Waals surface area (Å²) >= 11 is 17.3. The SMILES string of the molecule is CCC(C)C1CCN(C(=O)CC(F)(F)F)C1.CCc1cc(Cl)ccc1Cl.Cc1ccc(C#N)c(Cl)c1. The van der Waals surface area contributed by atoms with E-state index in [1.807, 2.05) is 31.2 Å². The first-order chi connectivity index (χ1) is 16.8. The molecule has 0 N–H and O–H groups in total. The van der Waals surface area contributed by atoms with Crippen LogP contribution in [0.2, 0.25) is 15.1 Å². The van der Waals surface area contributed by atoms with Crippen LogP contribution < -0.4 is 0 Å². The highest BCUT2D eigenvalue weighted by molar-refractivity contribution is 6.33. The van der Waals surface area contributed by atoms with E-state index in [0.29, 0.717) is 35.5 Å². The Kier molecular flexibility index (Phi) is 13.7. The van der Waals surface area contributed by atoms with E-state index in [4.69, 9.17) is 40.1 Å². The van der Waals surface area contributed by atoms with Crippen LogP contribution in [-0.4, -0.2) is 30.1 Å². The molecule has 1 fully saturated rings. The molecule has 1 aliphatic heterocycles. The van der Waals surface area contributed by atoms with Crippen molar-refractivity contribution in [1.29, 1.82) is 5.26 Å². The molecule has 3 rings (SSSR count). The number of alkyl halides is 3. The Morgan fingerprint density at radius 3 is 2.31 bits per heavy atom. The van der Waals surface area contributed by atoms with Gasteiger partial charge in [0, 0.05) is 23.1 Å². The number of hydrogen-bond acceptors (Lipinski definition) is 2. The highest BCUT2D eigenvalue weighted by Crippen LogP contribution is 2.28. The van der Waals surface area contributed by atoms with Crippen molar-refractivity contribution in [2.45, 2.75) is 59.6 Å². The van der Waals surface area contributed by atoms with Crippen molar-refractivity contribution < 1.29 is 18.0 Å². The third-order valence-electron chi connectivity index (χ3n) is 6.01. The molecule has 2 atom stereocenters. The number of aryl methyl sites for hydroxylation is 2. The van der Waals surface area contributed by atoms with Crippen LogP contribution in [0.25, 0.3) is 0 Å². The summed E-state index contributed by atoms with van der Waals surface area (Å²) in [5.74, 6) is 0.0594. The van der Waals surface area contributed by atoms with Crippen LogP contribution in [0.15, 0.2) is 36.4 Å². The molecule has 0 radical (unpaired) electrons. The Morgan fingerprint density at radius 1 is 1.14 bits per heavy atom. The van der Waals surface area contributed by atoms with Crippen LogP contribution in [0, 0.1) is 30.1 Å². The smallest absolute Gasteiger partial charge is 0.342 e. The normalized spacial score (nSPS) is 15.7. The second kappa shape index (κ2) is 15.3. The zero-order valence-corrected chi connectivity index (χ0v) is 23.2. The lowest BCUT2D eigenvalue weighted by atomic mass is 9.91. The van der Waals surface area contributed by atoms with E-state index >= 15 is 0 Å². The van der Waals surface area contributed by atoms with E-state index in [-0.39, 0.29) is 0 Å². The van der Waals surface area contributed by atoms with E-state index in [1.165, 1.54) is 4.90 Å². The van der Waals surface area contributed by atoms with Crippen molar-refractivity contribution in [3.8, 4) is 6.07 Å². The Labute approximate surface area is 227 Å². The number of carbonyl (C=O) groups is 1. The third kappa shape index (κ3) is 11.4. The molecule has 2 aromatic rings. The Hall–Kier alpha value is -1.94. The van der Waals surface area contributed by atoms with Gasteiger partial charge in [0.2, 0.25) is 5.91 Å². The molecule has 2 unspecified atom stereocenters. The molecule has 1 saturated heterocycles. The third-order valence-corrected chi connectivity index (χ3v) is 6.93. The van der Waals surface area contributed by atoms with Crippen LogP contribution in [0.5, 0.6) is 0 Å². The number of likely N-dealkylation sites (tertiary alicyclic amines) is 1. The second-order valence-corrected chi connectivity index (χ2v) is 10.0. The van der Waals surface area contributed by atoms with Crippen molar-refractivity contribution in [2.24, 2.45) is 11.8 Å². The predicted molar refractivity (Wildman–Crippen MR) is 142 cm³/mol. The van der Waals surface area contributed by atoms with Crippen LogP contribution in [0.1, 0.15) is 56.7 Å². The molecule has 9 heteroatoms. The number of nitrogens with zero attached hydrogens (tertiary/aromatic N) is 2. The standard InChI is InChI=1S/C11H18F3NO.C8H8Cl2.C8H6ClN/c1-3-8(2)9-4-5-15(7-9)10(16)6-11(12,13)14;1-2-6-5-7(9)3-4-8(6)10;1-6-2-3-7(5-10)8(9)4-6/h8-9H,3-7H2,1-2H3;3-5H,2H2,1H3;2-4H,1H3. The predicted octanol–water partition coefficient (Wildman–Crippen LogP) is 8.91. The van der Waals surface area contributed by atoms with Gasteiger partial charge in [0.05, 0.1) is 10.6 Å². The highest BCUT2D eigenvalue weighted by Gasteiger charge is 2.36. The summed E-state index contributed by atoms with van der Waals surface area (Å²) in [5.41, 5.74) is 2.71. The molecule has 198 valence electrons. The number of hydrogen-bond donors (Lipinski definition) is 0. The molecule has 1 amide bonds. The maximum absolute atomic E-state index is 12.0. The zero-order valence-electron chi connectivity index (χ0n) is 20.9. The average molecular weight is 564 g/mol. The molecule has 1 heterocycles. The van der Waals surface area contributed by atoms with E-state index < -0.39 is 18.5 Å². The highest BCUT2D eigenvalue weighted by atomic mass is 35.5. The summed E-state index contributed by atoms with van der Waals surface area (Å²) in [7, 11) is 0. The van der Waals surface area contributed by atoms with Crippen LogP contribution in [0.3, 0.4) is 0 Å². The molecule has 1 aliphatic rings. The van der Waals surface area contributed by atoms with Gasteiger partial charge in [-0.15, -0.1) is 0 Å². The minimum Gasteiger partial charge on any atom is -0.342 e. The van der Waals surface area contributed by atoms with Gasteiger partial charge in [0.25, 0.3) is 0 Å². The molecule has 0 aliphatic carbocycles. The van der Waals surface area contributed by atoms with Crippen molar-refractivity contribution in [1.82, 2.24) is 4.90 Å². The van der Waals surface area contributed by atoms with Gasteiger partial charge in [-0.1, -0.05) is 68.1 Å². The van der Waals surface area contributed by atoms with Gasteiger partial charge < -0.3 is 4.90 Å². The summed E-state index contributed by atoms with van der Waals surface area (Å²) in [6.45, 7) is 9.10. The lowest BCUT2D eigenvalue weighted by Crippen LogP contribution is -2.32. The topological polar surface area (TPSA) is 44.1 Å². The molecule has 0 bridgehead atoms. The fourth-order valence-corrected chi connectivity index (χ4v) is 4.34. The van der Waals surface area contributed by atoms with Crippen LogP contribution in [0.4, 0.5) is 13.2 Å². The summed E-state index contributed by atoms with van der Waals surface area (Å²) in [6, 6.07) is 12.9. The maximum atomic E-state index is 12.0. The lowest BCUT2D eigenvalue weighted by Gasteiger charge is -2.20. The Balaban J connectivity index is 0.000000282. The minimum atomic E-state index is -4.38. The molecule has 36 heavy (non-hydrogen) atoms. The van der Waals surface area contributed by atoms with Crippen LogP contribution >= 0.6 is 34.8 Å². The molecule has 2 aromatic carbocycles. The summed E-state index contributed by atoms with van der Waals surface area (Å²) in [4.78, 5) is 12.7. The number of benzene rings is 2. The first-order valence-corrected chi connectivity index (χ1v) is 12.9. The van der Waals surface area contributed by atoms with Gasteiger partial charge in [0.15, 0.2) is 0 Å². The van der Waals surface area contributed by atoms with E-state index in [0.717, 1.165) is 40.4 Å². The molecule has 0 aromatic heterocycles. The van der Waals surface area contributed by atoms with E-state index in [2.05, 4.69) is 20.8 Å². The first-order valence-electron chi connectivity index (χ1n) is 11.8. The molecule has 0 spiro atoms. The van der Waals surface area contributed by atoms with Gasteiger partial charge in [-0.05, 0) is 73.1 Å². The fourth-order valence-electron chi connectivity index (χ4n) is 3.62. The van der Waals surface area contributed by atoms with E-state index in [9.17, 15) is 18.0 Å². The Morgan fingerprint density at radius 2 is 1.81 bits per heavy atom. The van der Waals surface area contributed by atoms with Gasteiger partial charge in [-0.25, -0.2) is 0 Å². The summed E-state index contributed by atoms with van der Waals surface area (Å²) in [6.07, 6.45) is -2.93. The maximum Gasteiger partial charge on any atom is 0.397 e. The van der Waals surface area contributed by atoms with E-state index in [1.54, 1.807) is 18.2 Å².